The van der Waals surface area contributed by atoms with Gasteiger partial charge in [0, 0.05) is 0 Å². The molecule has 4 heteroatoms. The number of carboxylic acid groups (broad SMARTS) is 2. The monoisotopic (exact) mass is 250 g/mol. The van der Waals surface area contributed by atoms with Crippen LogP contribution in [0.5, 0.6) is 0 Å². The summed E-state index contributed by atoms with van der Waals surface area (Å²) in [5.41, 5.74) is -1.85. The molecule has 0 heterocycles. The van der Waals surface area contributed by atoms with Gasteiger partial charge in [0.2, 0.25) is 0 Å². The number of carboxylic acids is 2. The van der Waals surface area contributed by atoms with Gasteiger partial charge in [-0.1, -0.05) is 0 Å². The predicted octanol–water partition coefficient (Wildman–Crippen LogP) is 1.99. The van der Waals surface area contributed by atoms with E-state index in [2.05, 4.69) is 0 Å². The molecule has 0 aromatic heterocycles. The highest BCUT2D eigenvalue weighted by atomic mass is 16.4. The minimum Gasteiger partial charge on any atom is -0.481 e. The predicted molar refractivity (Wildman–Crippen MR) is 61.8 cm³/mol. The lowest BCUT2D eigenvalue weighted by Gasteiger charge is -2.50. The zero-order chi connectivity index (χ0) is 12.7. The summed E-state index contributed by atoms with van der Waals surface area (Å²) in [5.74, 6) is -1.16. The molecule has 0 aromatic rings. The molecule has 4 aliphatic carbocycles. The zero-order valence-electron chi connectivity index (χ0n) is 10.3. The molecule has 4 rings (SSSR count). The van der Waals surface area contributed by atoms with Crippen LogP contribution in [0.4, 0.5) is 0 Å². The summed E-state index contributed by atoms with van der Waals surface area (Å²) in [7, 11) is 0. The highest BCUT2D eigenvalue weighted by molar-refractivity contribution is 5.90. The van der Waals surface area contributed by atoms with Crippen molar-refractivity contribution < 1.29 is 19.8 Å². The highest BCUT2D eigenvalue weighted by Gasteiger charge is 2.83. The quantitative estimate of drug-likeness (QED) is 0.735. The minimum absolute atomic E-state index is 0.117. The van der Waals surface area contributed by atoms with E-state index in [0.29, 0.717) is 0 Å². The molecule has 4 bridgehead atoms. The number of hydrogen-bond donors (Lipinski definition) is 2. The molecule has 0 spiro atoms. The average Bonchev–Trinajstić information content (AvgIpc) is 3.05. The zero-order valence-corrected chi connectivity index (χ0v) is 10.3. The van der Waals surface area contributed by atoms with Crippen LogP contribution in [0.3, 0.4) is 0 Å². The molecule has 98 valence electrons. The molecule has 4 nitrogen and oxygen atoms in total. The smallest absolute Gasteiger partial charge is 0.311 e. The molecule has 0 aromatic carbocycles. The fourth-order valence-electron chi connectivity index (χ4n) is 6.69. The first-order valence-electron chi connectivity index (χ1n) is 7.03. The molecule has 4 saturated carbocycles. The summed E-state index contributed by atoms with van der Waals surface area (Å²) in [6.45, 7) is 0. The molecule has 0 amide bonds. The second-order valence-corrected chi connectivity index (χ2v) is 6.76. The topological polar surface area (TPSA) is 74.6 Å². The first-order valence-corrected chi connectivity index (χ1v) is 7.03. The second-order valence-electron chi connectivity index (χ2n) is 6.76. The Hall–Kier alpha value is -1.06. The van der Waals surface area contributed by atoms with E-state index in [9.17, 15) is 19.8 Å². The molecule has 2 unspecified atom stereocenters. The molecule has 18 heavy (non-hydrogen) atoms. The largest absolute Gasteiger partial charge is 0.481 e. The van der Waals surface area contributed by atoms with Gasteiger partial charge in [-0.05, 0) is 62.2 Å². The third-order valence-corrected chi connectivity index (χ3v) is 6.83. The first kappa shape index (κ1) is 10.8. The summed E-state index contributed by atoms with van der Waals surface area (Å²) in [4.78, 5) is 24.1. The van der Waals surface area contributed by atoms with Crippen molar-refractivity contribution in [1.29, 1.82) is 0 Å². The maximum atomic E-state index is 12.0. The second kappa shape index (κ2) is 2.91. The van der Waals surface area contributed by atoms with Crippen LogP contribution in [0.15, 0.2) is 0 Å². The third kappa shape index (κ3) is 0.757. The van der Waals surface area contributed by atoms with Gasteiger partial charge in [0.15, 0.2) is 0 Å². The van der Waals surface area contributed by atoms with E-state index in [-0.39, 0.29) is 23.7 Å². The fourth-order valence-corrected chi connectivity index (χ4v) is 6.69. The molecule has 0 saturated heterocycles. The van der Waals surface area contributed by atoms with Crippen molar-refractivity contribution in [3.05, 3.63) is 0 Å². The van der Waals surface area contributed by atoms with E-state index in [1.165, 1.54) is 0 Å². The van der Waals surface area contributed by atoms with Gasteiger partial charge in [0.25, 0.3) is 0 Å². The number of aliphatic carboxylic acids is 2. The van der Waals surface area contributed by atoms with Crippen molar-refractivity contribution in [1.82, 2.24) is 0 Å². The average molecular weight is 250 g/mol. The van der Waals surface area contributed by atoms with Gasteiger partial charge in [-0.3, -0.25) is 9.59 Å². The Morgan fingerprint density at radius 3 is 1.22 bits per heavy atom. The molecule has 0 radical (unpaired) electrons. The SMILES string of the molecule is O=C(O)C12[C@@H]3CC[C@H](C3)C1(C(=O)O)[C@H]1CC[C@@H]2C1. The van der Waals surface area contributed by atoms with Gasteiger partial charge in [0.1, 0.15) is 0 Å². The summed E-state index contributed by atoms with van der Waals surface area (Å²) < 4.78 is 0. The Kier molecular flexibility index (Phi) is 1.75. The molecule has 4 fully saturated rings. The van der Waals surface area contributed by atoms with Gasteiger partial charge >= 0.3 is 11.9 Å². The van der Waals surface area contributed by atoms with Crippen molar-refractivity contribution in [2.45, 2.75) is 38.5 Å². The minimum atomic E-state index is -0.926. The van der Waals surface area contributed by atoms with Crippen LogP contribution in [0.2, 0.25) is 0 Å². The summed E-state index contributed by atoms with van der Waals surface area (Å²) >= 11 is 0. The maximum Gasteiger partial charge on any atom is 0.311 e. The molecular formula is C14H18O4. The number of rotatable bonds is 2. The lowest BCUT2D eigenvalue weighted by atomic mass is 9.50. The number of carbonyl (C=O) groups is 2. The van der Waals surface area contributed by atoms with Gasteiger partial charge in [-0.2, -0.15) is 0 Å². The third-order valence-electron chi connectivity index (χ3n) is 6.83. The maximum absolute atomic E-state index is 12.0. The van der Waals surface area contributed by atoms with Gasteiger partial charge < -0.3 is 10.2 Å². The number of fused-ring (bicyclic) bond motifs is 9. The molecule has 6 atom stereocenters. The molecular weight excluding hydrogens is 232 g/mol. The summed E-state index contributed by atoms with van der Waals surface area (Å²) in [5, 5.41) is 19.7. The van der Waals surface area contributed by atoms with E-state index >= 15 is 0 Å². The Balaban J connectivity index is 2.00. The lowest BCUT2D eigenvalue weighted by Crippen LogP contribution is -2.59. The molecule has 2 N–H and O–H groups in total. The van der Waals surface area contributed by atoms with Crippen molar-refractivity contribution in [2.75, 3.05) is 0 Å². The van der Waals surface area contributed by atoms with Gasteiger partial charge in [-0.15, -0.1) is 0 Å². The Labute approximate surface area is 105 Å². The van der Waals surface area contributed by atoms with Crippen molar-refractivity contribution >= 4 is 11.9 Å². The van der Waals surface area contributed by atoms with E-state index in [0.717, 1.165) is 38.5 Å². The highest BCUT2D eigenvalue weighted by Crippen LogP contribution is 2.80. The standard InChI is InChI=1S/C14H18O4/c15-11(16)13-7-1-2-8(5-7)14(13,12(17)18)10-4-3-9(13)6-10/h7-10H,1-6H2,(H,15,16)(H,17,18)/t7-,8-,9-,10+,13?,14?/m1/s1. The number of hydrogen-bond acceptors (Lipinski definition) is 2. The molecule has 0 aliphatic heterocycles. The lowest BCUT2D eigenvalue weighted by molar-refractivity contribution is -0.189. The Morgan fingerprint density at radius 1 is 0.722 bits per heavy atom. The van der Waals surface area contributed by atoms with Crippen LogP contribution < -0.4 is 0 Å². The van der Waals surface area contributed by atoms with Crippen molar-refractivity contribution in [2.24, 2.45) is 34.5 Å². The van der Waals surface area contributed by atoms with E-state index < -0.39 is 22.8 Å². The van der Waals surface area contributed by atoms with Crippen LogP contribution >= 0.6 is 0 Å². The van der Waals surface area contributed by atoms with Crippen molar-refractivity contribution in [3.8, 4) is 0 Å². The Morgan fingerprint density at radius 2 is 1.00 bits per heavy atom. The van der Waals surface area contributed by atoms with Crippen LogP contribution in [-0.4, -0.2) is 22.2 Å². The van der Waals surface area contributed by atoms with Gasteiger partial charge in [-0.25, -0.2) is 0 Å². The van der Waals surface area contributed by atoms with E-state index in [1.807, 2.05) is 0 Å². The summed E-state index contributed by atoms with van der Waals surface area (Å²) in [6, 6.07) is 0. The molecule has 4 aliphatic rings. The van der Waals surface area contributed by atoms with E-state index in [4.69, 9.17) is 0 Å². The fraction of sp³-hybridized carbons (Fsp3) is 0.857. The van der Waals surface area contributed by atoms with Crippen LogP contribution in [0.25, 0.3) is 0 Å². The summed E-state index contributed by atoms with van der Waals surface area (Å²) in [6.07, 6.45) is 5.38. The Bertz CT molecular complexity index is 393. The first-order chi connectivity index (χ1) is 8.56. The van der Waals surface area contributed by atoms with Crippen LogP contribution in [0.1, 0.15) is 38.5 Å². The van der Waals surface area contributed by atoms with Gasteiger partial charge in [0.05, 0.1) is 10.8 Å². The van der Waals surface area contributed by atoms with Crippen LogP contribution in [0, 0.1) is 34.5 Å². The van der Waals surface area contributed by atoms with Crippen LogP contribution in [-0.2, 0) is 9.59 Å². The van der Waals surface area contributed by atoms with Crippen molar-refractivity contribution in [3.63, 3.8) is 0 Å². The normalized spacial score (nSPS) is 55.8. The van der Waals surface area contributed by atoms with E-state index in [1.54, 1.807) is 0 Å².